The second-order valence-electron chi connectivity index (χ2n) is 3.98. The highest BCUT2D eigenvalue weighted by molar-refractivity contribution is 7.09. The molecule has 98 valence electrons. The van der Waals surface area contributed by atoms with E-state index in [4.69, 9.17) is 5.73 Å². The number of halogens is 1. The number of hydrogen-bond acceptors (Lipinski definition) is 3. The van der Waals surface area contributed by atoms with Crippen molar-refractivity contribution in [1.29, 1.82) is 0 Å². The maximum atomic E-state index is 11.8. The third kappa shape index (κ3) is 6.05. The van der Waals surface area contributed by atoms with Crippen LogP contribution in [-0.4, -0.2) is 29.9 Å². The largest absolute Gasteiger partial charge is 0.343 e. The molecule has 1 unspecified atom stereocenters. The van der Waals surface area contributed by atoms with E-state index < -0.39 is 0 Å². The molecule has 3 nitrogen and oxygen atoms in total. The number of hydrogen-bond donors (Lipinski definition) is 1. The summed E-state index contributed by atoms with van der Waals surface area (Å²) in [5.74, 6) is 0.161. The second-order valence-corrected chi connectivity index (χ2v) is 5.02. The van der Waals surface area contributed by atoms with Gasteiger partial charge in [0.15, 0.2) is 0 Å². The van der Waals surface area contributed by atoms with Gasteiger partial charge in [0.1, 0.15) is 0 Å². The maximum Gasteiger partial charge on any atom is 0.224 e. The van der Waals surface area contributed by atoms with Gasteiger partial charge in [-0.15, -0.1) is 23.7 Å². The van der Waals surface area contributed by atoms with Gasteiger partial charge < -0.3 is 10.6 Å². The molecule has 1 heterocycles. The van der Waals surface area contributed by atoms with Gasteiger partial charge in [-0.05, 0) is 31.7 Å². The van der Waals surface area contributed by atoms with Crippen LogP contribution in [0.3, 0.4) is 0 Å². The summed E-state index contributed by atoms with van der Waals surface area (Å²) in [6, 6.07) is 4.09. The molecule has 17 heavy (non-hydrogen) atoms. The summed E-state index contributed by atoms with van der Waals surface area (Å²) in [5, 5.41) is 2.06. The van der Waals surface area contributed by atoms with Crippen LogP contribution in [0.25, 0.3) is 0 Å². The molecule has 0 spiro atoms. The molecule has 0 saturated carbocycles. The van der Waals surface area contributed by atoms with Gasteiger partial charge in [-0.2, -0.15) is 0 Å². The van der Waals surface area contributed by atoms with Crippen molar-refractivity contribution >= 4 is 29.7 Å². The molecule has 0 fully saturated rings. The summed E-state index contributed by atoms with van der Waals surface area (Å²) in [6.07, 6.45) is 1.38. The summed E-state index contributed by atoms with van der Waals surface area (Å²) in [7, 11) is 0. The van der Waals surface area contributed by atoms with E-state index in [9.17, 15) is 4.79 Å². The van der Waals surface area contributed by atoms with E-state index in [0.29, 0.717) is 6.42 Å². The van der Waals surface area contributed by atoms with Crippen molar-refractivity contribution in [2.24, 2.45) is 5.73 Å². The Hall–Kier alpha value is -0.580. The normalized spacial score (nSPS) is 11.7. The fourth-order valence-electron chi connectivity index (χ4n) is 1.56. The Morgan fingerprint density at radius 2 is 2.29 bits per heavy atom. The molecule has 5 heteroatoms. The van der Waals surface area contributed by atoms with Gasteiger partial charge >= 0.3 is 0 Å². The molecular formula is C12H21ClN2OS. The van der Waals surface area contributed by atoms with Crippen LogP contribution in [0.15, 0.2) is 17.5 Å². The van der Waals surface area contributed by atoms with Crippen LogP contribution in [0, 0.1) is 0 Å². The lowest BCUT2D eigenvalue weighted by atomic mass is 10.2. The monoisotopic (exact) mass is 276 g/mol. The zero-order valence-corrected chi connectivity index (χ0v) is 12.0. The van der Waals surface area contributed by atoms with Crippen molar-refractivity contribution in [3.05, 3.63) is 22.4 Å². The average Bonchev–Trinajstić information content (AvgIpc) is 2.70. The van der Waals surface area contributed by atoms with Gasteiger partial charge in [-0.1, -0.05) is 6.07 Å². The molecule has 0 saturated heterocycles. The van der Waals surface area contributed by atoms with E-state index in [1.54, 1.807) is 11.3 Å². The number of carbonyl (C=O) groups is 1. The Morgan fingerprint density at radius 1 is 1.59 bits per heavy atom. The Balaban J connectivity index is 0.00000256. The predicted octanol–water partition coefficient (Wildman–Crippen LogP) is 2.30. The summed E-state index contributed by atoms with van der Waals surface area (Å²) < 4.78 is 0. The fourth-order valence-corrected chi connectivity index (χ4v) is 2.26. The van der Waals surface area contributed by atoms with Crippen LogP contribution in [0.5, 0.6) is 0 Å². The van der Waals surface area contributed by atoms with E-state index in [1.807, 2.05) is 24.8 Å². The number of rotatable bonds is 6. The zero-order chi connectivity index (χ0) is 12.0. The van der Waals surface area contributed by atoms with Gasteiger partial charge in [0.2, 0.25) is 5.91 Å². The number of nitrogens with zero attached hydrogens (tertiary/aromatic N) is 1. The first kappa shape index (κ1) is 16.4. The standard InChI is InChI=1S/C12H20N2OS.ClH/c1-3-14(12(15)9-10(2)13)7-6-11-5-4-8-16-11;/h4-5,8,10H,3,6-7,9,13H2,1-2H3;1H. The second kappa shape index (κ2) is 8.50. The van der Waals surface area contributed by atoms with Crippen molar-refractivity contribution in [2.45, 2.75) is 32.7 Å². The lowest BCUT2D eigenvalue weighted by molar-refractivity contribution is -0.131. The minimum atomic E-state index is -0.0525. The number of nitrogens with two attached hydrogens (primary N) is 1. The molecule has 0 aliphatic heterocycles. The highest BCUT2D eigenvalue weighted by atomic mass is 35.5. The molecule has 0 aliphatic rings. The Labute approximate surface area is 113 Å². The topological polar surface area (TPSA) is 46.3 Å². The van der Waals surface area contributed by atoms with Crippen LogP contribution in [-0.2, 0) is 11.2 Å². The van der Waals surface area contributed by atoms with Crippen molar-refractivity contribution in [3.8, 4) is 0 Å². The molecule has 1 amide bonds. The van der Waals surface area contributed by atoms with Gasteiger partial charge in [0, 0.05) is 30.4 Å². The molecule has 1 rings (SSSR count). The minimum absolute atomic E-state index is 0. The van der Waals surface area contributed by atoms with Crippen LogP contribution in [0.1, 0.15) is 25.1 Å². The molecule has 0 aliphatic carbocycles. The molecule has 0 radical (unpaired) electrons. The average molecular weight is 277 g/mol. The molecule has 1 aromatic rings. The van der Waals surface area contributed by atoms with Crippen LogP contribution in [0.2, 0.25) is 0 Å². The quantitative estimate of drug-likeness (QED) is 0.867. The first-order chi connectivity index (χ1) is 7.63. The first-order valence-electron chi connectivity index (χ1n) is 5.69. The number of amides is 1. The summed E-state index contributed by atoms with van der Waals surface area (Å²) in [5.41, 5.74) is 5.63. The van der Waals surface area contributed by atoms with E-state index in [1.165, 1.54) is 4.88 Å². The van der Waals surface area contributed by atoms with E-state index in [0.717, 1.165) is 19.5 Å². The summed E-state index contributed by atoms with van der Waals surface area (Å²) in [4.78, 5) is 15.0. The third-order valence-electron chi connectivity index (χ3n) is 2.44. The zero-order valence-electron chi connectivity index (χ0n) is 10.4. The van der Waals surface area contributed by atoms with Crippen LogP contribution in [0.4, 0.5) is 0 Å². The summed E-state index contributed by atoms with van der Waals surface area (Å²) >= 11 is 1.74. The smallest absolute Gasteiger partial charge is 0.224 e. The molecule has 1 atom stereocenters. The SMILES string of the molecule is CCN(CCc1cccs1)C(=O)CC(C)N.Cl. The molecule has 1 aromatic heterocycles. The van der Waals surface area contributed by atoms with Crippen LogP contribution >= 0.6 is 23.7 Å². The Kier molecular flexibility index (Phi) is 8.21. The van der Waals surface area contributed by atoms with Crippen molar-refractivity contribution in [1.82, 2.24) is 4.90 Å². The first-order valence-corrected chi connectivity index (χ1v) is 6.57. The van der Waals surface area contributed by atoms with E-state index >= 15 is 0 Å². The molecular weight excluding hydrogens is 256 g/mol. The lowest BCUT2D eigenvalue weighted by Gasteiger charge is -2.21. The fraction of sp³-hybridized carbons (Fsp3) is 0.583. The number of likely N-dealkylation sites (N-methyl/N-ethyl adjacent to an activating group) is 1. The van der Waals surface area contributed by atoms with Gasteiger partial charge in [-0.25, -0.2) is 0 Å². The molecule has 0 bridgehead atoms. The minimum Gasteiger partial charge on any atom is -0.343 e. The predicted molar refractivity (Wildman–Crippen MR) is 75.8 cm³/mol. The van der Waals surface area contributed by atoms with Crippen LogP contribution < -0.4 is 5.73 Å². The number of carbonyl (C=O) groups excluding carboxylic acids is 1. The molecule has 0 aromatic carbocycles. The highest BCUT2D eigenvalue weighted by Crippen LogP contribution is 2.10. The van der Waals surface area contributed by atoms with Crippen molar-refractivity contribution in [2.75, 3.05) is 13.1 Å². The molecule has 2 N–H and O–H groups in total. The van der Waals surface area contributed by atoms with Gasteiger partial charge in [0.25, 0.3) is 0 Å². The third-order valence-corrected chi connectivity index (χ3v) is 3.38. The lowest BCUT2D eigenvalue weighted by Crippen LogP contribution is -2.36. The Morgan fingerprint density at radius 3 is 2.76 bits per heavy atom. The Bertz CT molecular complexity index is 314. The van der Waals surface area contributed by atoms with Crippen molar-refractivity contribution < 1.29 is 4.79 Å². The maximum absolute atomic E-state index is 11.8. The number of thiophene rings is 1. The van der Waals surface area contributed by atoms with Gasteiger partial charge in [0.05, 0.1) is 0 Å². The van der Waals surface area contributed by atoms with Crippen molar-refractivity contribution in [3.63, 3.8) is 0 Å². The highest BCUT2D eigenvalue weighted by Gasteiger charge is 2.13. The van der Waals surface area contributed by atoms with E-state index in [-0.39, 0.29) is 24.4 Å². The van der Waals surface area contributed by atoms with Gasteiger partial charge in [-0.3, -0.25) is 4.79 Å². The van der Waals surface area contributed by atoms with E-state index in [2.05, 4.69) is 11.4 Å². The summed E-state index contributed by atoms with van der Waals surface area (Å²) in [6.45, 7) is 5.43.